The van der Waals surface area contributed by atoms with Crippen LogP contribution in [0.25, 0.3) is 10.8 Å². The van der Waals surface area contributed by atoms with Crippen molar-refractivity contribution < 1.29 is 19.6 Å². The zero-order valence-corrected chi connectivity index (χ0v) is 18.6. The van der Waals surface area contributed by atoms with E-state index in [1.165, 1.54) is 10.5 Å². The predicted octanol–water partition coefficient (Wildman–Crippen LogP) is 4.14. The highest BCUT2D eigenvalue weighted by Gasteiger charge is 2.33. The summed E-state index contributed by atoms with van der Waals surface area (Å²) in [6.07, 6.45) is 2.05. The van der Waals surface area contributed by atoms with Crippen LogP contribution in [-0.4, -0.2) is 41.4 Å². The summed E-state index contributed by atoms with van der Waals surface area (Å²) in [7, 11) is 2.01. The molecule has 7 nitrogen and oxygen atoms in total. The lowest BCUT2D eigenvalue weighted by atomic mass is 9.92. The maximum Gasteiger partial charge on any atom is 0.261 e. The largest absolute Gasteiger partial charge is 0.370 e. The van der Waals surface area contributed by atoms with Crippen molar-refractivity contribution in [1.29, 1.82) is 0 Å². The maximum absolute atomic E-state index is 13.2. The molecule has 3 aromatic rings. The van der Waals surface area contributed by atoms with E-state index in [0.717, 1.165) is 11.1 Å². The quantitative estimate of drug-likeness (QED) is 0.224. The average molecular weight is 446 g/mol. The Bertz CT molecular complexity index is 1170. The van der Waals surface area contributed by atoms with Crippen LogP contribution in [0.5, 0.6) is 0 Å². The van der Waals surface area contributed by atoms with Gasteiger partial charge in [0.15, 0.2) is 0 Å². The van der Waals surface area contributed by atoms with Gasteiger partial charge in [0, 0.05) is 54.1 Å². The molecule has 0 unspecified atom stereocenters. The molecule has 1 aliphatic heterocycles. The zero-order chi connectivity index (χ0) is 23.4. The lowest BCUT2D eigenvalue weighted by Crippen LogP contribution is -2.41. The summed E-state index contributed by atoms with van der Waals surface area (Å²) >= 11 is 0. The predicted molar refractivity (Wildman–Crippen MR) is 126 cm³/mol. The lowest BCUT2D eigenvalue weighted by Gasteiger charge is -2.29. The van der Waals surface area contributed by atoms with Gasteiger partial charge in [-0.2, -0.15) is 0 Å². The van der Waals surface area contributed by atoms with Gasteiger partial charge in [0.1, 0.15) is 0 Å². The molecule has 0 spiro atoms. The number of nitrogens with one attached hydrogen (secondary N) is 1. The van der Waals surface area contributed by atoms with Gasteiger partial charge in [-0.25, -0.2) is 5.48 Å². The van der Waals surface area contributed by atoms with E-state index in [-0.39, 0.29) is 18.2 Å². The van der Waals surface area contributed by atoms with Crippen LogP contribution in [0.3, 0.4) is 0 Å². The average Bonchev–Trinajstić information content (AvgIpc) is 2.84. The Hall–Kier alpha value is -3.71. The normalized spacial score (nSPS) is 12.8. The first-order chi connectivity index (χ1) is 16.0. The topological polar surface area (TPSA) is 90.0 Å². The number of hydrogen-bond donors (Lipinski definition) is 2. The van der Waals surface area contributed by atoms with E-state index in [4.69, 9.17) is 5.21 Å². The molecular formula is C26H27N3O4. The fourth-order valence-corrected chi connectivity index (χ4v) is 4.40. The molecule has 3 amide bonds. The Labute approximate surface area is 192 Å². The summed E-state index contributed by atoms with van der Waals surface area (Å²) in [5.41, 5.74) is 4.83. The zero-order valence-electron chi connectivity index (χ0n) is 18.6. The summed E-state index contributed by atoms with van der Waals surface area (Å²) < 4.78 is 0. The van der Waals surface area contributed by atoms with Gasteiger partial charge in [0.2, 0.25) is 5.91 Å². The molecule has 33 heavy (non-hydrogen) atoms. The number of carbonyl (C=O) groups is 3. The van der Waals surface area contributed by atoms with Crippen molar-refractivity contribution in [3.8, 4) is 0 Å². The molecule has 0 bridgehead atoms. The minimum Gasteiger partial charge on any atom is -0.370 e. The fourth-order valence-electron chi connectivity index (χ4n) is 4.40. The molecule has 4 rings (SSSR count). The van der Waals surface area contributed by atoms with Crippen LogP contribution in [0, 0.1) is 0 Å². The van der Waals surface area contributed by atoms with Crippen LogP contribution < -0.4 is 10.4 Å². The first kappa shape index (κ1) is 22.5. The first-order valence-corrected chi connectivity index (χ1v) is 11.1. The van der Waals surface area contributed by atoms with Gasteiger partial charge in [0.05, 0.1) is 0 Å². The van der Waals surface area contributed by atoms with E-state index in [0.29, 0.717) is 48.9 Å². The smallest absolute Gasteiger partial charge is 0.261 e. The molecule has 0 atom stereocenters. The monoisotopic (exact) mass is 445 g/mol. The molecule has 0 aliphatic carbocycles. The minimum atomic E-state index is -0.436. The van der Waals surface area contributed by atoms with Crippen LogP contribution in [0.2, 0.25) is 0 Å². The Balaban J connectivity index is 1.56. The molecule has 0 saturated carbocycles. The van der Waals surface area contributed by atoms with Gasteiger partial charge in [0.25, 0.3) is 11.8 Å². The van der Waals surface area contributed by atoms with Crippen LogP contribution >= 0.6 is 0 Å². The highest BCUT2D eigenvalue weighted by Crippen LogP contribution is 2.36. The third-order valence-electron chi connectivity index (χ3n) is 6.05. The molecule has 0 radical (unpaired) electrons. The highest BCUT2D eigenvalue weighted by molar-refractivity contribution is 6.26. The SMILES string of the molecule is CN(Cc1ccccc1)c1ccc2c3c(cccc13)C(=O)N(CCCCCC(=O)NO)C2=O. The van der Waals surface area contributed by atoms with Crippen molar-refractivity contribution in [3.05, 3.63) is 77.4 Å². The molecule has 1 heterocycles. The van der Waals surface area contributed by atoms with Crippen LogP contribution in [0.1, 0.15) is 52.0 Å². The van der Waals surface area contributed by atoms with Crippen LogP contribution in [0.4, 0.5) is 5.69 Å². The fraction of sp³-hybridized carbons (Fsp3) is 0.269. The first-order valence-electron chi connectivity index (χ1n) is 11.1. The van der Waals surface area contributed by atoms with Crippen molar-refractivity contribution in [1.82, 2.24) is 10.4 Å². The highest BCUT2D eigenvalue weighted by atomic mass is 16.5. The van der Waals surface area contributed by atoms with Gasteiger partial charge in [-0.3, -0.25) is 24.5 Å². The molecule has 1 aliphatic rings. The van der Waals surface area contributed by atoms with Crippen molar-refractivity contribution >= 4 is 34.2 Å². The second kappa shape index (κ2) is 9.83. The molecule has 170 valence electrons. The number of rotatable bonds is 9. The number of nitrogens with zero attached hydrogens (tertiary/aromatic N) is 2. The Morgan fingerprint density at radius 1 is 0.909 bits per heavy atom. The van der Waals surface area contributed by atoms with Crippen LogP contribution in [-0.2, 0) is 11.3 Å². The van der Waals surface area contributed by atoms with Gasteiger partial charge < -0.3 is 4.90 Å². The minimum absolute atomic E-state index is 0.208. The Morgan fingerprint density at radius 2 is 1.64 bits per heavy atom. The van der Waals surface area contributed by atoms with Gasteiger partial charge >= 0.3 is 0 Å². The van der Waals surface area contributed by atoms with E-state index in [9.17, 15) is 14.4 Å². The molecule has 0 aromatic heterocycles. The molecule has 7 heteroatoms. The standard InChI is InChI=1S/C26H27N3O4/c1-28(17-18-9-4-2-5-10-18)22-15-14-21-24-19(22)11-8-12-20(24)25(31)29(26(21)32)16-7-3-6-13-23(30)27-33/h2,4-5,8-12,14-15,33H,3,6-7,13,16-17H2,1H3,(H,27,30). The number of imide groups is 1. The number of hydrogen-bond acceptors (Lipinski definition) is 5. The second-order valence-corrected chi connectivity index (χ2v) is 8.31. The van der Waals surface area contributed by atoms with Crippen LogP contribution in [0.15, 0.2) is 60.7 Å². The van der Waals surface area contributed by atoms with E-state index >= 15 is 0 Å². The van der Waals surface area contributed by atoms with E-state index in [2.05, 4.69) is 17.0 Å². The van der Waals surface area contributed by atoms with Gasteiger partial charge in [-0.05, 0) is 36.6 Å². The van der Waals surface area contributed by atoms with Crippen molar-refractivity contribution in [2.45, 2.75) is 32.2 Å². The number of benzene rings is 3. The number of carbonyl (C=O) groups excluding carboxylic acids is 3. The summed E-state index contributed by atoms with van der Waals surface area (Å²) in [6.45, 7) is 1.01. The number of unbranched alkanes of at least 4 members (excludes halogenated alkanes) is 2. The Kier molecular flexibility index (Phi) is 6.70. The van der Waals surface area contributed by atoms with E-state index < -0.39 is 5.91 Å². The summed E-state index contributed by atoms with van der Waals surface area (Å²) in [4.78, 5) is 40.9. The summed E-state index contributed by atoms with van der Waals surface area (Å²) in [5, 5.41) is 10.2. The third kappa shape index (κ3) is 4.59. The van der Waals surface area contributed by atoms with Crippen molar-refractivity contribution in [2.24, 2.45) is 0 Å². The number of anilines is 1. The number of amides is 3. The Morgan fingerprint density at radius 3 is 2.36 bits per heavy atom. The maximum atomic E-state index is 13.2. The lowest BCUT2D eigenvalue weighted by molar-refractivity contribution is -0.129. The van der Waals surface area contributed by atoms with E-state index in [1.54, 1.807) is 11.5 Å². The van der Waals surface area contributed by atoms with Crippen molar-refractivity contribution in [3.63, 3.8) is 0 Å². The second-order valence-electron chi connectivity index (χ2n) is 8.31. The molecule has 0 fully saturated rings. The molecule has 3 aromatic carbocycles. The molecule has 0 saturated heterocycles. The molecular weight excluding hydrogens is 418 g/mol. The summed E-state index contributed by atoms with van der Waals surface area (Å²) in [6, 6.07) is 19.5. The van der Waals surface area contributed by atoms with Gasteiger partial charge in [-0.15, -0.1) is 0 Å². The van der Waals surface area contributed by atoms with E-state index in [1.807, 2.05) is 49.5 Å². The third-order valence-corrected chi connectivity index (χ3v) is 6.05. The summed E-state index contributed by atoms with van der Waals surface area (Å²) in [5.74, 6) is -1.00. The number of hydroxylamine groups is 1. The van der Waals surface area contributed by atoms with Gasteiger partial charge in [-0.1, -0.05) is 48.9 Å². The molecule has 2 N–H and O–H groups in total. The van der Waals surface area contributed by atoms with Crippen molar-refractivity contribution in [2.75, 3.05) is 18.5 Å².